The molecule has 1 aromatic carbocycles. The molecule has 1 saturated carbocycles. The minimum absolute atomic E-state index is 0.356. The zero-order valence-corrected chi connectivity index (χ0v) is 13.1. The number of benzene rings is 1. The van der Waals surface area contributed by atoms with Crippen molar-refractivity contribution in [1.29, 1.82) is 0 Å². The van der Waals surface area contributed by atoms with Crippen LogP contribution in [0.5, 0.6) is 0 Å². The summed E-state index contributed by atoms with van der Waals surface area (Å²) < 4.78 is 27.0. The molecule has 0 atom stereocenters. The Morgan fingerprint density at radius 1 is 1.39 bits per heavy atom. The van der Waals surface area contributed by atoms with Crippen LogP contribution in [0.4, 0.5) is 0 Å². The fourth-order valence-corrected chi connectivity index (χ4v) is 4.52. The quantitative estimate of drug-likeness (QED) is 0.849. The Bertz CT molecular complexity index is 538. The smallest absolute Gasteiger partial charge is 0.207 e. The van der Waals surface area contributed by atoms with Gasteiger partial charge >= 0.3 is 0 Å². The van der Waals surface area contributed by atoms with Crippen molar-refractivity contribution in [3.05, 3.63) is 28.2 Å². The molecule has 0 N–H and O–H groups in total. The Labute approximate surface area is 117 Å². The highest BCUT2D eigenvalue weighted by atomic mass is 79.9. The molecule has 1 aliphatic rings. The average Bonchev–Trinajstić information content (AvgIpc) is 2.22. The van der Waals surface area contributed by atoms with E-state index in [0.29, 0.717) is 21.8 Å². The van der Waals surface area contributed by atoms with Crippen molar-refractivity contribution in [2.75, 3.05) is 13.6 Å². The second-order valence-electron chi connectivity index (χ2n) is 5.02. The minimum atomic E-state index is -3.37. The monoisotopic (exact) mass is 331 g/mol. The molecule has 0 unspecified atom stereocenters. The van der Waals surface area contributed by atoms with Crippen molar-refractivity contribution in [2.45, 2.75) is 31.1 Å². The molecule has 0 amide bonds. The molecule has 18 heavy (non-hydrogen) atoms. The highest BCUT2D eigenvalue weighted by molar-refractivity contribution is 9.10. The lowest BCUT2D eigenvalue weighted by Crippen LogP contribution is -2.34. The van der Waals surface area contributed by atoms with Gasteiger partial charge in [-0.25, -0.2) is 12.7 Å². The lowest BCUT2D eigenvalue weighted by molar-refractivity contribution is 0.263. The van der Waals surface area contributed by atoms with E-state index < -0.39 is 10.0 Å². The summed E-state index contributed by atoms with van der Waals surface area (Å²) in [5, 5.41) is 0. The maximum Gasteiger partial charge on any atom is 0.243 e. The molecule has 1 aromatic rings. The largest absolute Gasteiger partial charge is 0.243 e. The molecule has 0 spiro atoms. The molecule has 0 bridgehead atoms. The van der Waals surface area contributed by atoms with Crippen LogP contribution in [-0.4, -0.2) is 26.3 Å². The maximum atomic E-state index is 12.4. The van der Waals surface area contributed by atoms with Gasteiger partial charge in [0.05, 0.1) is 4.90 Å². The lowest BCUT2D eigenvalue weighted by atomic mass is 9.86. The third-order valence-corrected chi connectivity index (χ3v) is 6.32. The summed E-state index contributed by atoms with van der Waals surface area (Å²) in [4.78, 5) is 0.356. The Kier molecular flexibility index (Phi) is 4.14. The van der Waals surface area contributed by atoms with Crippen LogP contribution >= 0.6 is 15.9 Å². The number of hydrogen-bond donors (Lipinski definition) is 0. The van der Waals surface area contributed by atoms with Gasteiger partial charge in [-0.2, -0.15) is 0 Å². The molecule has 1 fully saturated rings. The molecule has 5 heteroatoms. The molecular formula is C13H18BrNO2S. The summed E-state index contributed by atoms with van der Waals surface area (Å²) in [6.45, 7) is 2.57. The maximum absolute atomic E-state index is 12.4. The topological polar surface area (TPSA) is 37.4 Å². The van der Waals surface area contributed by atoms with E-state index >= 15 is 0 Å². The van der Waals surface area contributed by atoms with E-state index in [1.807, 2.05) is 19.1 Å². The summed E-state index contributed by atoms with van der Waals surface area (Å²) in [6, 6.07) is 5.34. The molecule has 1 aliphatic carbocycles. The molecule has 0 aromatic heterocycles. The van der Waals surface area contributed by atoms with Crippen LogP contribution in [-0.2, 0) is 10.0 Å². The van der Waals surface area contributed by atoms with Crippen LogP contribution < -0.4 is 0 Å². The van der Waals surface area contributed by atoms with Gasteiger partial charge in [0, 0.05) is 18.1 Å². The van der Waals surface area contributed by atoms with Gasteiger partial charge in [-0.05, 0) is 59.3 Å². The van der Waals surface area contributed by atoms with Gasteiger partial charge in [0.2, 0.25) is 10.0 Å². The van der Waals surface area contributed by atoms with Gasteiger partial charge in [-0.3, -0.25) is 0 Å². The molecule has 0 radical (unpaired) electrons. The predicted octanol–water partition coefficient (Wildman–Crippen LogP) is 3.18. The van der Waals surface area contributed by atoms with Crippen LogP contribution in [0.15, 0.2) is 27.6 Å². The minimum Gasteiger partial charge on any atom is -0.207 e. The predicted molar refractivity (Wildman–Crippen MR) is 76.0 cm³/mol. The summed E-state index contributed by atoms with van der Waals surface area (Å²) >= 11 is 3.34. The van der Waals surface area contributed by atoms with Crippen LogP contribution in [0.1, 0.15) is 24.8 Å². The molecule has 100 valence electrons. The van der Waals surface area contributed by atoms with E-state index in [1.165, 1.54) is 10.7 Å². The van der Waals surface area contributed by atoms with Crippen molar-refractivity contribution in [1.82, 2.24) is 4.31 Å². The van der Waals surface area contributed by atoms with Crippen LogP contribution in [0, 0.1) is 12.8 Å². The van der Waals surface area contributed by atoms with Crippen LogP contribution in [0.25, 0.3) is 0 Å². The summed E-state index contributed by atoms with van der Waals surface area (Å²) in [5.41, 5.74) is 1.04. The molecule has 2 rings (SSSR count). The number of rotatable bonds is 4. The normalized spacial score (nSPS) is 16.9. The molecule has 3 nitrogen and oxygen atoms in total. The van der Waals surface area contributed by atoms with E-state index in [0.717, 1.165) is 18.4 Å². The van der Waals surface area contributed by atoms with E-state index in [-0.39, 0.29) is 0 Å². The Hall–Kier alpha value is -0.390. The number of hydrogen-bond acceptors (Lipinski definition) is 2. The lowest BCUT2D eigenvalue weighted by Gasteiger charge is -2.29. The van der Waals surface area contributed by atoms with Gasteiger partial charge in [-0.15, -0.1) is 0 Å². The molecular weight excluding hydrogens is 314 g/mol. The van der Waals surface area contributed by atoms with E-state index in [4.69, 9.17) is 0 Å². The van der Waals surface area contributed by atoms with Gasteiger partial charge in [0.1, 0.15) is 0 Å². The average molecular weight is 332 g/mol. The van der Waals surface area contributed by atoms with Gasteiger partial charge in [0.15, 0.2) is 0 Å². The van der Waals surface area contributed by atoms with Gasteiger partial charge < -0.3 is 0 Å². The van der Waals surface area contributed by atoms with Crippen LogP contribution in [0.2, 0.25) is 0 Å². The van der Waals surface area contributed by atoms with E-state index in [9.17, 15) is 8.42 Å². The SMILES string of the molecule is Cc1ccc(S(=O)(=O)N(C)CC2CCC2)c(Br)c1. The Balaban J connectivity index is 2.23. The van der Waals surface area contributed by atoms with Gasteiger partial charge in [0.25, 0.3) is 0 Å². The number of nitrogens with zero attached hydrogens (tertiary/aromatic N) is 1. The summed E-state index contributed by atoms with van der Waals surface area (Å²) in [6.07, 6.45) is 3.52. The third-order valence-electron chi connectivity index (χ3n) is 3.52. The first kappa shape index (κ1) is 14.0. The van der Waals surface area contributed by atoms with Crippen LogP contribution in [0.3, 0.4) is 0 Å². The first-order valence-corrected chi connectivity index (χ1v) is 8.37. The fraction of sp³-hybridized carbons (Fsp3) is 0.538. The summed E-state index contributed by atoms with van der Waals surface area (Å²) in [7, 11) is -1.70. The second kappa shape index (κ2) is 5.31. The zero-order chi connectivity index (χ0) is 13.3. The zero-order valence-electron chi connectivity index (χ0n) is 10.7. The standard InChI is InChI=1S/C13H18BrNO2S/c1-10-6-7-13(12(14)8-10)18(16,17)15(2)9-11-4-3-5-11/h6-8,11H,3-5,9H2,1-2H3. The Morgan fingerprint density at radius 3 is 2.56 bits per heavy atom. The van der Waals surface area contributed by atoms with Crippen molar-refractivity contribution < 1.29 is 8.42 Å². The van der Waals surface area contributed by atoms with Crippen molar-refractivity contribution in [3.8, 4) is 0 Å². The third kappa shape index (κ3) is 2.78. The Morgan fingerprint density at radius 2 is 2.06 bits per heavy atom. The van der Waals surface area contributed by atoms with E-state index in [1.54, 1.807) is 13.1 Å². The molecule has 0 aliphatic heterocycles. The second-order valence-corrected chi connectivity index (χ2v) is 7.88. The number of halogens is 1. The molecule has 0 saturated heterocycles. The van der Waals surface area contributed by atoms with Crippen molar-refractivity contribution >= 4 is 26.0 Å². The highest BCUT2D eigenvalue weighted by Gasteiger charge is 2.27. The number of sulfonamides is 1. The fourth-order valence-electron chi connectivity index (χ4n) is 2.12. The van der Waals surface area contributed by atoms with Crippen molar-refractivity contribution in [2.24, 2.45) is 5.92 Å². The highest BCUT2D eigenvalue weighted by Crippen LogP contribution is 2.30. The van der Waals surface area contributed by atoms with Gasteiger partial charge in [-0.1, -0.05) is 12.5 Å². The van der Waals surface area contributed by atoms with Crippen molar-refractivity contribution in [3.63, 3.8) is 0 Å². The first-order valence-electron chi connectivity index (χ1n) is 6.14. The number of aryl methyl sites for hydroxylation is 1. The summed E-state index contributed by atoms with van der Waals surface area (Å²) in [5.74, 6) is 0.536. The van der Waals surface area contributed by atoms with E-state index in [2.05, 4.69) is 15.9 Å². The first-order chi connectivity index (χ1) is 8.41. The molecule has 0 heterocycles.